The first-order valence-electron chi connectivity index (χ1n) is 7.25. The number of rotatable bonds is 3. The van der Waals surface area contributed by atoms with Gasteiger partial charge in [0.2, 0.25) is 0 Å². The zero-order valence-corrected chi connectivity index (χ0v) is 13.9. The molecule has 0 aliphatic carbocycles. The molecule has 1 aromatic carbocycles. The third kappa shape index (κ3) is 2.54. The van der Waals surface area contributed by atoms with Crippen LogP contribution in [0.4, 0.5) is 0 Å². The van der Waals surface area contributed by atoms with Crippen molar-refractivity contribution in [1.82, 2.24) is 19.1 Å². The lowest BCUT2D eigenvalue weighted by atomic mass is 10.1. The van der Waals surface area contributed by atoms with Crippen LogP contribution in [0.1, 0.15) is 41.5 Å². The van der Waals surface area contributed by atoms with Gasteiger partial charge in [0, 0.05) is 0 Å². The minimum atomic E-state index is -0.0140. The van der Waals surface area contributed by atoms with Crippen LogP contribution < -0.4 is 5.56 Å². The first-order valence-corrected chi connectivity index (χ1v) is 8.02. The van der Waals surface area contributed by atoms with Gasteiger partial charge in [0.05, 0.1) is 34.3 Å². The molecule has 0 saturated carbocycles. The Kier molecular flexibility index (Phi) is 3.78. The molecule has 0 aliphatic heterocycles. The molecule has 22 heavy (non-hydrogen) atoms. The van der Waals surface area contributed by atoms with Gasteiger partial charge in [-0.05, 0) is 48.5 Å². The van der Waals surface area contributed by atoms with E-state index in [4.69, 9.17) is 0 Å². The molecule has 0 saturated heterocycles. The molecule has 0 aliphatic rings. The summed E-state index contributed by atoms with van der Waals surface area (Å²) in [6.45, 7) is 8.60. The van der Waals surface area contributed by atoms with Crippen molar-refractivity contribution in [1.29, 1.82) is 0 Å². The van der Waals surface area contributed by atoms with Crippen molar-refractivity contribution in [2.75, 3.05) is 0 Å². The van der Waals surface area contributed by atoms with Gasteiger partial charge in [-0.25, -0.2) is 4.98 Å². The largest absolute Gasteiger partial charge is 0.293 e. The van der Waals surface area contributed by atoms with E-state index < -0.39 is 0 Å². The van der Waals surface area contributed by atoms with Crippen molar-refractivity contribution in [3.63, 3.8) is 0 Å². The molecule has 0 bridgehead atoms. The molecular weight excluding hydrogens is 296 g/mol. The number of hydrogen-bond donors (Lipinski definition) is 0. The lowest BCUT2D eigenvalue weighted by molar-refractivity contribution is 0.726. The summed E-state index contributed by atoms with van der Waals surface area (Å²) in [5, 5.41) is 4.83. The van der Waals surface area contributed by atoms with Crippen LogP contribution in [0.2, 0.25) is 0 Å². The zero-order valence-electron chi connectivity index (χ0n) is 13.1. The highest BCUT2D eigenvalue weighted by Gasteiger charge is 2.14. The maximum Gasteiger partial charge on any atom is 0.261 e. The fraction of sp³-hybridized carbons (Fsp3) is 0.375. The number of fused-ring (bicyclic) bond motifs is 1. The summed E-state index contributed by atoms with van der Waals surface area (Å²) in [5.74, 6) is 0.294. The number of nitrogens with zero attached hydrogens (tertiary/aromatic N) is 4. The number of hydrogen-bond acceptors (Lipinski definition) is 5. The molecule has 3 aromatic rings. The number of aryl methyl sites for hydroxylation is 2. The van der Waals surface area contributed by atoms with Gasteiger partial charge in [-0.3, -0.25) is 9.36 Å². The summed E-state index contributed by atoms with van der Waals surface area (Å²) in [7, 11) is 0. The number of benzene rings is 1. The van der Waals surface area contributed by atoms with E-state index >= 15 is 0 Å². The highest BCUT2D eigenvalue weighted by molar-refractivity contribution is 7.05. The Morgan fingerprint density at radius 3 is 2.77 bits per heavy atom. The van der Waals surface area contributed by atoms with Crippen LogP contribution in [-0.4, -0.2) is 19.1 Å². The Bertz CT molecular complexity index is 895. The molecule has 0 unspecified atom stereocenters. The lowest BCUT2D eigenvalue weighted by Crippen LogP contribution is -2.21. The predicted octanol–water partition coefficient (Wildman–Crippen LogP) is 3.04. The molecule has 0 radical (unpaired) electrons. The second-order valence-electron chi connectivity index (χ2n) is 5.89. The Balaban J connectivity index is 2.11. The molecule has 3 rings (SSSR count). The third-order valence-electron chi connectivity index (χ3n) is 3.71. The van der Waals surface area contributed by atoms with Crippen molar-refractivity contribution >= 4 is 22.4 Å². The molecule has 0 spiro atoms. The average molecular weight is 314 g/mol. The Hall–Kier alpha value is -2.08. The number of aromatic nitrogens is 4. The van der Waals surface area contributed by atoms with Crippen molar-refractivity contribution in [2.24, 2.45) is 0 Å². The summed E-state index contributed by atoms with van der Waals surface area (Å²) in [5.41, 5.74) is 3.82. The normalized spacial score (nSPS) is 11.5. The minimum absolute atomic E-state index is 0.0140. The van der Waals surface area contributed by atoms with Gasteiger partial charge in [0.1, 0.15) is 0 Å². The molecule has 0 N–H and O–H groups in total. The Labute approximate surface area is 132 Å². The van der Waals surface area contributed by atoms with Gasteiger partial charge >= 0.3 is 0 Å². The maximum atomic E-state index is 12.7. The quantitative estimate of drug-likeness (QED) is 0.745. The van der Waals surface area contributed by atoms with Crippen molar-refractivity contribution in [2.45, 2.75) is 40.2 Å². The average Bonchev–Trinajstić information content (AvgIpc) is 2.91. The van der Waals surface area contributed by atoms with Crippen LogP contribution >= 0.6 is 11.5 Å². The fourth-order valence-electron chi connectivity index (χ4n) is 2.66. The molecule has 2 aromatic heterocycles. The molecular formula is C16H18N4OS. The van der Waals surface area contributed by atoms with E-state index in [9.17, 15) is 4.79 Å². The second kappa shape index (κ2) is 5.61. The smallest absolute Gasteiger partial charge is 0.261 e. The van der Waals surface area contributed by atoms with Gasteiger partial charge < -0.3 is 0 Å². The van der Waals surface area contributed by atoms with Crippen LogP contribution in [0.5, 0.6) is 0 Å². The first-order chi connectivity index (χ1) is 10.5. The van der Waals surface area contributed by atoms with E-state index in [1.165, 1.54) is 11.5 Å². The van der Waals surface area contributed by atoms with E-state index in [0.717, 1.165) is 27.2 Å². The van der Waals surface area contributed by atoms with Crippen molar-refractivity contribution < 1.29 is 0 Å². The standard InChI is InChI=1S/C16H18N4OS/c1-9(2)14-13(22-19-18-14)7-20-8-17-15-11(4)5-10(3)6-12(15)16(20)21/h5-6,8-9H,7H2,1-4H3. The van der Waals surface area contributed by atoms with Gasteiger partial charge in [0.15, 0.2) is 0 Å². The van der Waals surface area contributed by atoms with Gasteiger partial charge in [0.25, 0.3) is 5.56 Å². The molecule has 5 nitrogen and oxygen atoms in total. The van der Waals surface area contributed by atoms with E-state index in [-0.39, 0.29) is 5.56 Å². The molecule has 0 fully saturated rings. The minimum Gasteiger partial charge on any atom is -0.293 e. The summed E-state index contributed by atoms with van der Waals surface area (Å²) < 4.78 is 5.66. The summed E-state index contributed by atoms with van der Waals surface area (Å²) in [6.07, 6.45) is 1.62. The van der Waals surface area contributed by atoms with Crippen LogP contribution in [0.25, 0.3) is 10.9 Å². The van der Waals surface area contributed by atoms with E-state index in [0.29, 0.717) is 17.8 Å². The molecule has 0 amide bonds. The van der Waals surface area contributed by atoms with Crippen molar-refractivity contribution in [3.8, 4) is 0 Å². The summed E-state index contributed by atoms with van der Waals surface area (Å²) in [6, 6.07) is 3.95. The Morgan fingerprint density at radius 1 is 1.27 bits per heavy atom. The van der Waals surface area contributed by atoms with Crippen LogP contribution in [0.3, 0.4) is 0 Å². The highest BCUT2D eigenvalue weighted by Crippen LogP contribution is 2.21. The van der Waals surface area contributed by atoms with Crippen LogP contribution in [0.15, 0.2) is 23.3 Å². The SMILES string of the molecule is Cc1cc(C)c2ncn(Cc3snnc3C(C)C)c(=O)c2c1. The molecule has 2 heterocycles. The third-order valence-corrected chi connectivity index (χ3v) is 4.43. The van der Waals surface area contributed by atoms with Gasteiger partial charge in [-0.2, -0.15) is 0 Å². The van der Waals surface area contributed by atoms with Gasteiger partial charge in [-0.1, -0.05) is 24.4 Å². The fourth-order valence-corrected chi connectivity index (χ4v) is 3.45. The van der Waals surface area contributed by atoms with E-state index in [1.807, 2.05) is 26.0 Å². The van der Waals surface area contributed by atoms with Crippen LogP contribution in [0, 0.1) is 13.8 Å². The molecule has 114 valence electrons. The lowest BCUT2D eigenvalue weighted by Gasteiger charge is -2.09. The highest BCUT2D eigenvalue weighted by atomic mass is 32.1. The van der Waals surface area contributed by atoms with Gasteiger partial charge in [-0.15, -0.1) is 5.10 Å². The predicted molar refractivity (Wildman–Crippen MR) is 88.6 cm³/mol. The van der Waals surface area contributed by atoms with Crippen molar-refractivity contribution in [3.05, 3.63) is 50.5 Å². The van der Waals surface area contributed by atoms with E-state index in [1.54, 1.807) is 10.9 Å². The first kappa shape index (κ1) is 14.8. The Morgan fingerprint density at radius 2 is 2.05 bits per heavy atom. The molecule has 0 atom stereocenters. The monoisotopic (exact) mass is 314 g/mol. The van der Waals surface area contributed by atoms with E-state index in [2.05, 4.69) is 28.4 Å². The maximum absolute atomic E-state index is 12.7. The van der Waals surface area contributed by atoms with Crippen LogP contribution in [-0.2, 0) is 6.54 Å². The summed E-state index contributed by atoms with van der Waals surface area (Å²) >= 11 is 1.34. The zero-order chi connectivity index (χ0) is 15.9. The molecule has 6 heteroatoms. The second-order valence-corrected chi connectivity index (χ2v) is 6.73. The summed E-state index contributed by atoms with van der Waals surface area (Å²) in [4.78, 5) is 18.2. The topological polar surface area (TPSA) is 60.7 Å².